The number of ether oxygens (including phenoxy) is 1. The van der Waals surface area contributed by atoms with Crippen molar-refractivity contribution in [2.24, 2.45) is 0 Å². The number of pyridine rings is 1. The second kappa shape index (κ2) is 6.67. The molecule has 2 rings (SSSR count). The van der Waals surface area contributed by atoms with E-state index in [0.29, 0.717) is 0 Å². The van der Waals surface area contributed by atoms with Crippen LogP contribution in [-0.4, -0.2) is 17.6 Å². The van der Waals surface area contributed by atoms with Gasteiger partial charge in [-0.3, -0.25) is 0 Å². The van der Waals surface area contributed by atoms with E-state index >= 15 is 0 Å². The summed E-state index contributed by atoms with van der Waals surface area (Å²) in [7, 11) is 0. The number of hydrogen-bond acceptors (Lipinski definition) is 4. The molecule has 0 saturated carbocycles. The smallest absolute Gasteiger partial charge is 0.342 e. The predicted octanol–water partition coefficient (Wildman–Crippen LogP) is 4.00. The molecule has 0 aliphatic heterocycles. The van der Waals surface area contributed by atoms with Crippen LogP contribution in [-0.2, 0) is 4.74 Å². The Kier molecular flexibility index (Phi) is 4.90. The summed E-state index contributed by atoms with van der Waals surface area (Å²) in [5.74, 6) is -2.72. The van der Waals surface area contributed by atoms with Crippen LogP contribution in [0.3, 0.4) is 0 Å². The quantitative estimate of drug-likeness (QED) is 0.632. The first-order chi connectivity index (χ1) is 10.0. The SMILES string of the molecule is CCOC(=O)c1cc(F)c(Sc2ccc(C)cc2)nc1F. The van der Waals surface area contributed by atoms with Gasteiger partial charge in [0.1, 0.15) is 10.6 Å². The first-order valence-electron chi connectivity index (χ1n) is 6.29. The summed E-state index contributed by atoms with van der Waals surface area (Å²) < 4.78 is 32.4. The lowest BCUT2D eigenvalue weighted by molar-refractivity contribution is 0.0518. The van der Waals surface area contributed by atoms with E-state index in [1.165, 1.54) is 0 Å². The van der Waals surface area contributed by atoms with Crippen LogP contribution in [0.2, 0.25) is 0 Å². The molecule has 6 heteroatoms. The summed E-state index contributed by atoms with van der Waals surface area (Å²) in [6.45, 7) is 3.60. The minimum absolute atomic E-state index is 0.0831. The van der Waals surface area contributed by atoms with Crippen molar-refractivity contribution in [2.75, 3.05) is 6.61 Å². The summed E-state index contributed by atoms with van der Waals surface area (Å²) >= 11 is 0.993. The molecule has 0 atom stereocenters. The number of carbonyl (C=O) groups is 1. The standard InChI is InChI=1S/C15H13F2NO2S/c1-3-20-15(19)11-8-12(16)14(18-13(11)17)21-10-6-4-9(2)5-7-10/h4-8H,3H2,1-2H3. The highest BCUT2D eigenvalue weighted by atomic mass is 32.2. The molecule has 1 heterocycles. The van der Waals surface area contributed by atoms with E-state index in [0.717, 1.165) is 28.3 Å². The van der Waals surface area contributed by atoms with Gasteiger partial charge in [0.25, 0.3) is 0 Å². The fraction of sp³-hybridized carbons (Fsp3) is 0.200. The lowest BCUT2D eigenvalue weighted by Crippen LogP contribution is -2.10. The minimum Gasteiger partial charge on any atom is -0.462 e. The largest absolute Gasteiger partial charge is 0.462 e. The number of hydrogen-bond donors (Lipinski definition) is 0. The normalized spacial score (nSPS) is 10.5. The van der Waals surface area contributed by atoms with Crippen molar-refractivity contribution >= 4 is 17.7 Å². The van der Waals surface area contributed by atoms with Gasteiger partial charge in [-0.25, -0.2) is 14.2 Å². The Morgan fingerprint density at radius 2 is 1.95 bits per heavy atom. The van der Waals surface area contributed by atoms with Crippen LogP contribution in [0.1, 0.15) is 22.8 Å². The van der Waals surface area contributed by atoms with Crippen LogP contribution >= 0.6 is 11.8 Å². The van der Waals surface area contributed by atoms with E-state index in [4.69, 9.17) is 0 Å². The molecule has 0 N–H and O–H groups in total. The zero-order valence-electron chi connectivity index (χ0n) is 11.5. The molecule has 0 fully saturated rings. The molecule has 0 radical (unpaired) electrons. The van der Waals surface area contributed by atoms with Gasteiger partial charge < -0.3 is 4.74 Å². The van der Waals surface area contributed by atoms with Crippen molar-refractivity contribution < 1.29 is 18.3 Å². The van der Waals surface area contributed by atoms with Crippen LogP contribution in [0.5, 0.6) is 0 Å². The molecule has 21 heavy (non-hydrogen) atoms. The van der Waals surface area contributed by atoms with Crippen LogP contribution < -0.4 is 0 Å². The van der Waals surface area contributed by atoms with Crippen LogP contribution in [0, 0.1) is 18.7 Å². The van der Waals surface area contributed by atoms with Gasteiger partial charge in [0.15, 0.2) is 5.82 Å². The number of esters is 1. The maximum Gasteiger partial charge on any atom is 0.342 e. The van der Waals surface area contributed by atoms with Gasteiger partial charge >= 0.3 is 5.97 Å². The lowest BCUT2D eigenvalue weighted by Gasteiger charge is -2.06. The highest BCUT2D eigenvalue weighted by molar-refractivity contribution is 7.99. The van der Waals surface area contributed by atoms with Gasteiger partial charge in [-0.2, -0.15) is 4.39 Å². The molecular formula is C15H13F2NO2S. The molecule has 110 valence electrons. The number of rotatable bonds is 4. The van der Waals surface area contributed by atoms with Crippen LogP contribution in [0.4, 0.5) is 8.78 Å². The van der Waals surface area contributed by atoms with Gasteiger partial charge in [0.2, 0.25) is 5.95 Å². The molecule has 3 nitrogen and oxygen atoms in total. The predicted molar refractivity (Wildman–Crippen MR) is 75.4 cm³/mol. The monoisotopic (exact) mass is 309 g/mol. The first-order valence-corrected chi connectivity index (χ1v) is 7.10. The minimum atomic E-state index is -1.04. The molecular weight excluding hydrogens is 296 g/mol. The Morgan fingerprint density at radius 3 is 2.57 bits per heavy atom. The molecule has 0 bridgehead atoms. The van der Waals surface area contributed by atoms with Crippen LogP contribution in [0.25, 0.3) is 0 Å². The van der Waals surface area contributed by atoms with E-state index in [1.807, 2.05) is 19.1 Å². The second-order valence-corrected chi connectivity index (χ2v) is 5.31. The highest BCUT2D eigenvalue weighted by Crippen LogP contribution is 2.29. The summed E-state index contributed by atoms with van der Waals surface area (Å²) in [6, 6.07) is 8.13. The van der Waals surface area contributed by atoms with Crippen LogP contribution in [0.15, 0.2) is 40.3 Å². The lowest BCUT2D eigenvalue weighted by atomic mass is 10.2. The van der Waals surface area contributed by atoms with Gasteiger partial charge in [0, 0.05) is 4.90 Å². The van der Waals surface area contributed by atoms with Crippen molar-refractivity contribution in [3.05, 3.63) is 53.2 Å². The molecule has 0 unspecified atom stereocenters. The Labute approximate surface area is 125 Å². The fourth-order valence-corrected chi connectivity index (χ4v) is 2.37. The Morgan fingerprint density at radius 1 is 1.29 bits per heavy atom. The summed E-state index contributed by atoms with van der Waals surface area (Å²) in [6.07, 6.45) is 0. The number of nitrogens with zero attached hydrogens (tertiary/aromatic N) is 1. The van der Waals surface area contributed by atoms with Crippen molar-refractivity contribution in [1.29, 1.82) is 0 Å². The van der Waals surface area contributed by atoms with Gasteiger partial charge in [0.05, 0.1) is 6.61 Å². The van der Waals surface area contributed by atoms with Crippen molar-refractivity contribution in [3.8, 4) is 0 Å². The average Bonchev–Trinajstić information content (AvgIpc) is 2.45. The highest BCUT2D eigenvalue weighted by Gasteiger charge is 2.19. The number of aromatic nitrogens is 1. The van der Waals surface area contributed by atoms with E-state index in [1.54, 1.807) is 19.1 Å². The molecule has 0 aliphatic rings. The molecule has 2 aromatic rings. The Balaban J connectivity index is 2.27. The number of aryl methyl sites for hydroxylation is 1. The first kappa shape index (κ1) is 15.4. The summed E-state index contributed by atoms with van der Waals surface area (Å²) in [5, 5.41) is -0.121. The topological polar surface area (TPSA) is 39.2 Å². The third kappa shape index (κ3) is 3.78. The molecule has 1 aromatic heterocycles. The van der Waals surface area contributed by atoms with Crippen molar-refractivity contribution in [1.82, 2.24) is 4.98 Å². The molecule has 0 saturated heterocycles. The average molecular weight is 309 g/mol. The number of halogens is 2. The van der Waals surface area contributed by atoms with Crippen molar-refractivity contribution in [3.63, 3.8) is 0 Å². The maximum atomic E-state index is 13.9. The molecule has 0 aliphatic carbocycles. The van der Waals surface area contributed by atoms with E-state index in [-0.39, 0.29) is 11.6 Å². The number of carbonyl (C=O) groups excluding carboxylic acids is 1. The number of benzene rings is 1. The second-order valence-electron chi connectivity index (χ2n) is 4.25. The zero-order chi connectivity index (χ0) is 15.4. The van der Waals surface area contributed by atoms with Gasteiger partial charge in [-0.15, -0.1) is 0 Å². The Hall–Kier alpha value is -1.95. The van der Waals surface area contributed by atoms with E-state index in [9.17, 15) is 13.6 Å². The summed E-state index contributed by atoms with van der Waals surface area (Å²) in [5.41, 5.74) is 0.569. The van der Waals surface area contributed by atoms with Crippen molar-refractivity contribution in [2.45, 2.75) is 23.8 Å². The van der Waals surface area contributed by atoms with Gasteiger partial charge in [-0.05, 0) is 32.0 Å². The third-order valence-corrected chi connectivity index (χ3v) is 3.62. The third-order valence-electron chi connectivity index (χ3n) is 2.63. The maximum absolute atomic E-state index is 13.9. The van der Waals surface area contributed by atoms with Gasteiger partial charge in [-0.1, -0.05) is 29.5 Å². The fourth-order valence-electron chi connectivity index (χ4n) is 1.59. The molecule has 0 amide bonds. The van der Waals surface area contributed by atoms with E-state index in [2.05, 4.69) is 9.72 Å². The zero-order valence-corrected chi connectivity index (χ0v) is 12.3. The van der Waals surface area contributed by atoms with E-state index < -0.39 is 23.3 Å². The summed E-state index contributed by atoms with van der Waals surface area (Å²) in [4.78, 5) is 15.7. The Bertz CT molecular complexity index is 659. The molecule has 1 aromatic carbocycles. The molecule has 0 spiro atoms.